The Kier molecular flexibility index (Phi) is 4.03. The molecular weight excluding hydrogens is 292 g/mol. The smallest absolute Gasteiger partial charge is 0.308 e. The fraction of sp³-hybridized carbons (Fsp3) is 0.389. The van der Waals surface area contributed by atoms with Crippen LogP contribution >= 0.6 is 0 Å². The van der Waals surface area contributed by atoms with E-state index in [0.717, 1.165) is 41.4 Å². The second kappa shape index (κ2) is 5.99. The van der Waals surface area contributed by atoms with Gasteiger partial charge in [0.25, 0.3) is 5.91 Å². The summed E-state index contributed by atoms with van der Waals surface area (Å²) in [6, 6.07) is 7.66. The fourth-order valence-corrected chi connectivity index (χ4v) is 3.22. The lowest BCUT2D eigenvalue weighted by molar-refractivity contribution is -0.141. The molecule has 1 heterocycles. The molecule has 1 amide bonds. The van der Waals surface area contributed by atoms with Gasteiger partial charge in [0.2, 0.25) is 0 Å². The molecule has 0 bridgehead atoms. The van der Waals surface area contributed by atoms with E-state index in [0.29, 0.717) is 5.56 Å². The van der Waals surface area contributed by atoms with Crippen molar-refractivity contribution in [3.8, 4) is 0 Å². The molecule has 1 unspecified atom stereocenters. The summed E-state index contributed by atoms with van der Waals surface area (Å²) in [4.78, 5) is 30.2. The highest BCUT2D eigenvalue weighted by Crippen LogP contribution is 2.30. The number of rotatable bonds is 4. The van der Waals surface area contributed by atoms with Gasteiger partial charge in [0.1, 0.15) is 0 Å². The number of benzene rings is 1. The molecule has 1 N–H and O–H groups in total. The SMILES string of the molecule is CC(CN(C)C(=O)c1c2c(nc3ccccc13)CCC2)C(=O)O. The number of pyridine rings is 1. The van der Waals surface area contributed by atoms with Gasteiger partial charge in [-0.15, -0.1) is 0 Å². The molecule has 5 nitrogen and oxygen atoms in total. The minimum Gasteiger partial charge on any atom is -0.481 e. The number of aromatic nitrogens is 1. The van der Waals surface area contributed by atoms with Gasteiger partial charge in [0.15, 0.2) is 0 Å². The summed E-state index contributed by atoms with van der Waals surface area (Å²) in [5, 5.41) is 9.92. The standard InChI is InChI=1S/C18H20N2O3/c1-11(18(22)23)10-20(2)17(21)16-12-6-3-4-8-14(12)19-15-9-5-7-13(15)16/h3-4,6,8,11H,5,7,9-10H2,1-2H3,(H,22,23). The predicted octanol–water partition coefficient (Wildman–Crippen LogP) is 2.52. The molecule has 0 radical (unpaired) electrons. The highest BCUT2D eigenvalue weighted by atomic mass is 16.4. The number of nitrogens with zero attached hydrogens (tertiary/aromatic N) is 2. The fourth-order valence-electron chi connectivity index (χ4n) is 3.22. The van der Waals surface area contributed by atoms with Crippen LogP contribution in [0.2, 0.25) is 0 Å². The largest absolute Gasteiger partial charge is 0.481 e. The first kappa shape index (κ1) is 15.5. The lowest BCUT2D eigenvalue weighted by Gasteiger charge is -2.22. The quantitative estimate of drug-likeness (QED) is 0.941. The Morgan fingerprint density at radius 3 is 2.78 bits per heavy atom. The number of carbonyl (C=O) groups excluding carboxylic acids is 1. The second-order valence-electron chi connectivity index (χ2n) is 6.21. The lowest BCUT2D eigenvalue weighted by Crippen LogP contribution is -2.34. The van der Waals surface area contributed by atoms with Gasteiger partial charge in [-0.1, -0.05) is 25.1 Å². The van der Waals surface area contributed by atoms with E-state index >= 15 is 0 Å². The van der Waals surface area contributed by atoms with Crippen molar-refractivity contribution in [1.29, 1.82) is 0 Å². The number of carbonyl (C=O) groups is 2. The third kappa shape index (κ3) is 2.79. The summed E-state index contributed by atoms with van der Waals surface area (Å²) in [6.45, 7) is 1.81. The van der Waals surface area contributed by atoms with Gasteiger partial charge in [-0.05, 0) is 30.9 Å². The van der Waals surface area contributed by atoms with Crippen molar-refractivity contribution in [1.82, 2.24) is 9.88 Å². The molecule has 1 aliphatic rings. The maximum absolute atomic E-state index is 13.0. The van der Waals surface area contributed by atoms with Gasteiger partial charge >= 0.3 is 5.97 Å². The molecule has 1 aromatic carbocycles. The van der Waals surface area contributed by atoms with Crippen LogP contribution in [0.5, 0.6) is 0 Å². The normalized spacial score (nSPS) is 14.5. The van der Waals surface area contributed by atoms with Crippen LogP contribution in [0.1, 0.15) is 35.0 Å². The van der Waals surface area contributed by atoms with E-state index in [1.165, 1.54) is 4.90 Å². The lowest BCUT2D eigenvalue weighted by atomic mass is 9.99. The molecule has 1 atom stereocenters. The summed E-state index contributed by atoms with van der Waals surface area (Å²) < 4.78 is 0. The van der Waals surface area contributed by atoms with E-state index in [1.54, 1.807) is 14.0 Å². The zero-order valence-corrected chi connectivity index (χ0v) is 13.4. The van der Waals surface area contributed by atoms with Crippen LogP contribution in [-0.2, 0) is 17.6 Å². The molecule has 2 aromatic rings. The number of hydrogen-bond acceptors (Lipinski definition) is 3. The van der Waals surface area contributed by atoms with Crippen molar-refractivity contribution in [2.24, 2.45) is 5.92 Å². The van der Waals surface area contributed by atoms with Crippen molar-refractivity contribution in [3.05, 3.63) is 41.1 Å². The first-order valence-corrected chi connectivity index (χ1v) is 7.87. The van der Waals surface area contributed by atoms with Crippen molar-refractivity contribution < 1.29 is 14.7 Å². The van der Waals surface area contributed by atoms with E-state index in [-0.39, 0.29) is 12.5 Å². The zero-order chi connectivity index (χ0) is 16.6. The highest BCUT2D eigenvalue weighted by Gasteiger charge is 2.26. The number of fused-ring (bicyclic) bond motifs is 2. The van der Waals surface area contributed by atoms with Crippen LogP contribution < -0.4 is 0 Å². The van der Waals surface area contributed by atoms with E-state index in [2.05, 4.69) is 4.98 Å². The minimum atomic E-state index is -0.894. The van der Waals surface area contributed by atoms with E-state index < -0.39 is 11.9 Å². The molecule has 23 heavy (non-hydrogen) atoms. The van der Waals surface area contributed by atoms with Crippen LogP contribution in [0.15, 0.2) is 24.3 Å². The molecule has 0 saturated carbocycles. The Bertz CT molecular complexity index is 785. The van der Waals surface area contributed by atoms with Crippen molar-refractivity contribution in [3.63, 3.8) is 0 Å². The van der Waals surface area contributed by atoms with E-state index in [1.807, 2.05) is 24.3 Å². The van der Waals surface area contributed by atoms with Crippen LogP contribution in [0.3, 0.4) is 0 Å². The van der Waals surface area contributed by atoms with E-state index in [9.17, 15) is 9.59 Å². The topological polar surface area (TPSA) is 70.5 Å². The van der Waals surface area contributed by atoms with Crippen molar-refractivity contribution in [2.45, 2.75) is 26.2 Å². The van der Waals surface area contributed by atoms with Crippen molar-refractivity contribution in [2.75, 3.05) is 13.6 Å². The Labute approximate surface area is 134 Å². The molecule has 0 saturated heterocycles. The molecular formula is C18H20N2O3. The van der Waals surface area contributed by atoms with Gasteiger partial charge in [-0.25, -0.2) is 0 Å². The Morgan fingerprint density at radius 1 is 1.30 bits per heavy atom. The Hall–Kier alpha value is -2.43. The molecule has 5 heteroatoms. The van der Waals surface area contributed by atoms with Crippen LogP contribution in [0.4, 0.5) is 0 Å². The molecule has 3 rings (SSSR count). The predicted molar refractivity (Wildman–Crippen MR) is 87.5 cm³/mol. The molecule has 0 aliphatic heterocycles. The van der Waals surface area contributed by atoms with Crippen LogP contribution in [0.25, 0.3) is 10.9 Å². The molecule has 1 aromatic heterocycles. The third-order valence-electron chi connectivity index (χ3n) is 4.45. The second-order valence-corrected chi connectivity index (χ2v) is 6.21. The maximum Gasteiger partial charge on any atom is 0.308 e. The van der Waals surface area contributed by atoms with E-state index in [4.69, 9.17) is 5.11 Å². The summed E-state index contributed by atoms with van der Waals surface area (Å²) in [6.07, 6.45) is 2.76. The van der Waals surface area contributed by atoms with Crippen LogP contribution in [0, 0.1) is 5.92 Å². The van der Waals surface area contributed by atoms with Crippen LogP contribution in [-0.4, -0.2) is 40.5 Å². The molecule has 0 spiro atoms. The average Bonchev–Trinajstić information content (AvgIpc) is 2.99. The Balaban J connectivity index is 2.05. The first-order valence-electron chi connectivity index (χ1n) is 7.87. The number of carboxylic acids is 1. The Morgan fingerprint density at radius 2 is 2.04 bits per heavy atom. The number of hydrogen-bond donors (Lipinski definition) is 1. The number of aliphatic carboxylic acids is 1. The number of amides is 1. The monoisotopic (exact) mass is 312 g/mol. The number of para-hydroxylation sites is 1. The third-order valence-corrected chi connectivity index (χ3v) is 4.45. The molecule has 1 aliphatic carbocycles. The highest BCUT2D eigenvalue weighted by molar-refractivity contribution is 6.07. The van der Waals surface area contributed by atoms with Gasteiger partial charge in [0.05, 0.1) is 17.0 Å². The summed E-state index contributed by atoms with van der Waals surface area (Å²) in [5.74, 6) is -1.60. The van der Waals surface area contributed by atoms with Gasteiger partial charge in [-0.2, -0.15) is 0 Å². The number of carboxylic acid groups (broad SMARTS) is 1. The summed E-state index contributed by atoms with van der Waals surface area (Å²) in [7, 11) is 1.66. The molecule has 0 fully saturated rings. The van der Waals surface area contributed by atoms with Crippen molar-refractivity contribution >= 4 is 22.8 Å². The summed E-state index contributed by atoms with van der Waals surface area (Å²) in [5.41, 5.74) is 3.56. The maximum atomic E-state index is 13.0. The summed E-state index contributed by atoms with van der Waals surface area (Å²) >= 11 is 0. The number of aryl methyl sites for hydroxylation is 1. The average molecular weight is 312 g/mol. The van der Waals surface area contributed by atoms with Gasteiger partial charge in [-0.3, -0.25) is 14.6 Å². The zero-order valence-electron chi connectivity index (χ0n) is 13.4. The minimum absolute atomic E-state index is 0.116. The van der Waals surface area contributed by atoms with Gasteiger partial charge in [0, 0.05) is 24.7 Å². The first-order chi connectivity index (χ1) is 11.0. The molecule has 120 valence electrons. The van der Waals surface area contributed by atoms with Gasteiger partial charge < -0.3 is 10.0 Å².